The van der Waals surface area contributed by atoms with Crippen LogP contribution in [0.4, 0.5) is 5.69 Å². The van der Waals surface area contributed by atoms with Gasteiger partial charge >= 0.3 is 0 Å². The summed E-state index contributed by atoms with van der Waals surface area (Å²) in [6, 6.07) is 13.2. The van der Waals surface area contributed by atoms with Crippen molar-refractivity contribution in [3.8, 4) is 0 Å². The van der Waals surface area contributed by atoms with E-state index in [0.717, 1.165) is 18.8 Å². The van der Waals surface area contributed by atoms with Crippen LogP contribution in [-0.2, 0) is 13.1 Å². The number of anilines is 1. The first-order chi connectivity index (χ1) is 10.1. The summed E-state index contributed by atoms with van der Waals surface area (Å²) in [5.41, 5.74) is 4.91. The van der Waals surface area contributed by atoms with Gasteiger partial charge in [0, 0.05) is 42.3 Å². The molecule has 0 amide bonds. The Morgan fingerprint density at radius 2 is 1.90 bits per heavy atom. The van der Waals surface area contributed by atoms with Gasteiger partial charge in [0.1, 0.15) is 0 Å². The summed E-state index contributed by atoms with van der Waals surface area (Å²) in [7, 11) is 1.97. The molecule has 0 atom stereocenters. The Bertz CT molecular complexity index is 564. The highest BCUT2D eigenvalue weighted by Crippen LogP contribution is 2.25. The number of nitrogens with zero attached hydrogens (tertiary/aromatic N) is 2. The predicted octanol–water partition coefficient (Wildman–Crippen LogP) is 3.52. The van der Waals surface area contributed by atoms with Crippen LogP contribution in [0.15, 0.2) is 42.6 Å². The second-order valence-electron chi connectivity index (χ2n) is 5.69. The van der Waals surface area contributed by atoms with E-state index in [-0.39, 0.29) is 0 Å². The van der Waals surface area contributed by atoms with Crippen molar-refractivity contribution in [2.24, 2.45) is 0 Å². The summed E-state index contributed by atoms with van der Waals surface area (Å²) in [6.45, 7) is 8.27. The maximum absolute atomic E-state index is 4.44. The lowest BCUT2D eigenvalue weighted by Crippen LogP contribution is -2.31. The van der Waals surface area contributed by atoms with E-state index in [2.05, 4.69) is 65.4 Å². The Hall–Kier alpha value is -1.87. The third-order valence-electron chi connectivity index (χ3n) is 3.59. The summed E-state index contributed by atoms with van der Waals surface area (Å²) in [5.74, 6) is 0. The van der Waals surface area contributed by atoms with Crippen molar-refractivity contribution in [2.45, 2.75) is 39.9 Å². The number of rotatable bonds is 6. The van der Waals surface area contributed by atoms with Crippen LogP contribution in [-0.4, -0.2) is 18.1 Å². The highest BCUT2D eigenvalue weighted by molar-refractivity contribution is 5.54. The van der Waals surface area contributed by atoms with Gasteiger partial charge in [-0.25, -0.2) is 0 Å². The number of hydrogen-bond acceptors (Lipinski definition) is 3. The van der Waals surface area contributed by atoms with Gasteiger partial charge in [0.05, 0.1) is 0 Å². The van der Waals surface area contributed by atoms with Crippen molar-refractivity contribution >= 4 is 5.69 Å². The zero-order chi connectivity index (χ0) is 15.2. The summed E-state index contributed by atoms with van der Waals surface area (Å²) in [5, 5.41) is 3.23. The van der Waals surface area contributed by atoms with Crippen LogP contribution < -0.4 is 10.2 Å². The lowest BCUT2D eigenvalue weighted by Gasteiger charge is -2.31. The molecule has 3 heteroatoms. The number of pyridine rings is 1. The average molecular weight is 283 g/mol. The molecular formula is C18H25N3. The van der Waals surface area contributed by atoms with E-state index in [0.29, 0.717) is 6.04 Å². The van der Waals surface area contributed by atoms with Crippen LogP contribution in [0.3, 0.4) is 0 Å². The molecule has 112 valence electrons. The van der Waals surface area contributed by atoms with Gasteiger partial charge in [0.25, 0.3) is 0 Å². The van der Waals surface area contributed by atoms with Gasteiger partial charge in [-0.15, -0.1) is 0 Å². The molecule has 0 fully saturated rings. The number of benzene rings is 1. The van der Waals surface area contributed by atoms with Gasteiger partial charge in [0.2, 0.25) is 0 Å². The fourth-order valence-corrected chi connectivity index (χ4v) is 2.49. The molecule has 3 nitrogen and oxygen atoms in total. The minimum atomic E-state index is 0.433. The van der Waals surface area contributed by atoms with Crippen LogP contribution in [0.5, 0.6) is 0 Å². The zero-order valence-corrected chi connectivity index (χ0v) is 13.4. The second-order valence-corrected chi connectivity index (χ2v) is 5.69. The van der Waals surface area contributed by atoms with Crippen molar-refractivity contribution in [2.75, 3.05) is 11.9 Å². The average Bonchev–Trinajstić information content (AvgIpc) is 2.48. The van der Waals surface area contributed by atoms with Gasteiger partial charge in [-0.3, -0.25) is 4.98 Å². The second kappa shape index (κ2) is 7.23. The quantitative estimate of drug-likeness (QED) is 0.879. The van der Waals surface area contributed by atoms with Gasteiger partial charge in [0.15, 0.2) is 0 Å². The normalized spacial score (nSPS) is 10.9. The van der Waals surface area contributed by atoms with Crippen molar-refractivity contribution < 1.29 is 0 Å². The lowest BCUT2D eigenvalue weighted by molar-refractivity contribution is 0.672. The maximum Gasteiger partial charge on any atom is 0.0450 e. The number of aromatic nitrogens is 1. The molecule has 1 heterocycles. The zero-order valence-electron chi connectivity index (χ0n) is 13.4. The first-order valence-electron chi connectivity index (χ1n) is 7.52. The summed E-state index contributed by atoms with van der Waals surface area (Å²) in [6.07, 6.45) is 1.99. The van der Waals surface area contributed by atoms with Crippen molar-refractivity contribution in [1.29, 1.82) is 0 Å². The summed E-state index contributed by atoms with van der Waals surface area (Å²) >= 11 is 0. The van der Waals surface area contributed by atoms with E-state index in [1.165, 1.54) is 16.8 Å². The Balaban J connectivity index is 2.35. The van der Waals surface area contributed by atoms with E-state index in [4.69, 9.17) is 0 Å². The third-order valence-corrected chi connectivity index (χ3v) is 3.59. The smallest absolute Gasteiger partial charge is 0.0450 e. The summed E-state index contributed by atoms with van der Waals surface area (Å²) in [4.78, 5) is 6.88. The Labute approximate surface area is 128 Å². The molecule has 2 rings (SSSR count). The monoisotopic (exact) mass is 283 g/mol. The molecule has 2 aromatic rings. The molecule has 21 heavy (non-hydrogen) atoms. The molecule has 0 unspecified atom stereocenters. The molecule has 0 aliphatic heterocycles. The van der Waals surface area contributed by atoms with E-state index < -0.39 is 0 Å². The first-order valence-corrected chi connectivity index (χ1v) is 7.52. The fourth-order valence-electron chi connectivity index (χ4n) is 2.49. The number of nitrogens with one attached hydrogen (secondary N) is 1. The standard InChI is InChI=1S/C18H25N3/c1-14(2)21(13-16-8-6-5-7-9-16)18-10-15(3)20-12-17(18)11-19-4/h5-10,12,14,19H,11,13H2,1-4H3. The van der Waals surface area contributed by atoms with E-state index in [1.54, 1.807) is 0 Å². The molecule has 0 aliphatic carbocycles. The van der Waals surface area contributed by atoms with E-state index >= 15 is 0 Å². The molecule has 0 saturated carbocycles. The molecular weight excluding hydrogens is 258 g/mol. The Morgan fingerprint density at radius 1 is 1.19 bits per heavy atom. The molecule has 1 N–H and O–H groups in total. The largest absolute Gasteiger partial charge is 0.364 e. The van der Waals surface area contributed by atoms with E-state index in [1.807, 2.05) is 20.2 Å². The highest BCUT2D eigenvalue weighted by Gasteiger charge is 2.15. The Kier molecular flexibility index (Phi) is 5.34. The van der Waals surface area contributed by atoms with Crippen LogP contribution in [0.25, 0.3) is 0 Å². The third kappa shape index (κ3) is 4.05. The molecule has 0 spiro atoms. The van der Waals surface area contributed by atoms with Crippen molar-refractivity contribution in [3.05, 3.63) is 59.4 Å². The van der Waals surface area contributed by atoms with Crippen LogP contribution in [0.2, 0.25) is 0 Å². The van der Waals surface area contributed by atoms with Gasteiger partial charge in [-0.2, -0.15) is 0 Å². The predicted molar refractivity (Wildman–Crippen MR) is 89.5 cm³/mol. The van der Waals surface area contributed by atoms with Gasteiger partial charge < -0.3 is 10.2 Å². The first kappa shape index (κ1) is 15.5. The molecule has 0 saturated heterocycles. The minimum Gasteiger partial charge on any atom is -0.364 e. The Morgan fingerprint density at radius 3 is 2.52 bits per heavy atom. The fraction of sp³-hybridized carbons (Fsp3) is 0.389. The van der Waals surface area contributed by atoms with Crippen LogP contribution >= 0.6 is 0 Å². The van der Waals surface area contributed by atoms with Crippen LogP contribution in [0, 0.1) is 6.92 Å². The van der Waals surface area contributed by atoms with Crippen LogP contribution in [0.1, 0.15) is 30.7 Å². The van der Waals surface area contributed by atoms with Gasteiger partial charge in [-0.1, -0.05) is 30.3 Å². The molecule has 0 radical (unpaired) electrons. The minimum absolute atomic E-state index is 0.433. The van der Waals surface area contributed by atoms with Crippen molar-refractivity contribution in [3.63, 3.8) is 0 Å². The maximum atomic E-state index is 4.44. The van der Waals surface area contributed by atoms with E-state index in [9.17, 15) is 0 Å². The molecule has 0 aliphatic rings. The molecule has 1 aromatic heterocycles. The highest BCUT2D eigenvalue weighted by atomic mass is 15.2. The topological polar surface area (TPSA) is 28.2 Å². The molecule has 1 aromatic carbocycles. The van der Waals surface area contributed by atoms with Crippen molar-refractivity contribution in [1.82, 2.24) is 10.3 Å². The number of hydrogen-bond donors (Lipinski definition) is 1. The SMILES string of the molecule is CNCc1cnc(C)cc1N(Cc1ccccc1)C(C)C. The number of aryl methyl sites for hydroxylation is 1. The van der Waals surface area contributed by atoms with Gasteiger partial charge in [-0.05, 0) is 39.4 Å². The summed E-state index contributed by atoms with van der Waals surface area (Å²) < 4.78 is 0. The lowest BCUT2D eigenvalue weighted by atomic mass is 10.1. The molecule has 0 bridgehead atoms.